The summed E-state index contributed by atoms with van der Waals surface area (Å²) < 4.78 is 0. The van der Waals surface area contributed by atoms with Crippen molar-refractivity contribution < 1.29 is 20.4 Å². The molecule has 0 bridgehead atoms. The lowest BCUT2D eigenvalue weighted by atomic mass is 9.81. The van der Waals surface area contributed by atoms with Crippen molar-refractivity contribution in [1.29, 1.82) is 0 Å². The van der Waals surface area contributed by atoms with E-state index in [2.05, 4.69) is 0 Å². The number of hydrogen-bond donors (Lipinski definition) is 4. The highest BCUT2D eigenvalue weighted by Gasteiger charge is 2.24. The summed E-state index contributed by atoms with van der Waals surface area (Å²) in [6, 6.07) is 5.89. The Morgan fingerprint density at radius 2 is 0.846 bits per heavy atom. The van der Waals surface area contributed by atoms with Gasteiger partial charge in [0.05, 0.1) is 0 Å². The topological polar surface area (TPSA) is 80.9 Å². The third-order valence-corrected chi connectivity index (χ3v) is 4.63. The van der Waals surface area contributed by atoms with Gasteiger partial charge in [-0.2, -0.15) is 0 Å². The Bertz CT molecular complexity index is 721. The van der Waals surface area contributed by atoms with Crippen LogP contribution in [0.3, 0.4) is 0 Å². The van der Waals surface area contributed by atoms with E-state index in [-0.39, 0.29) is 43.9 Å². The largest absolute Gasteiger partial charge is 0.508 e. The van der Waals surface area contributed by atoms with Gasteiger partial charge >= 0.3 is 0 Å². The molecule has 0 saturated carbocycles. The van der Waals surface area contributed by atoms with Crippen molar-refractivity contribution in [3.05, 3.63) is 45.4 Å². The zero-order chi connectivity index (χ0) is 20.4. The average Bonchev–Trinajstić information content (AvgIpc) is 2.49. The highest BCUT2D eigenvalue weighted by Crippen LogP contribution is 2.40. The van der Waals surface area contributed by atoms with Crippen LogP contribution < -0.4 is 0 Å². The molecule has 6 heteroatoms. The second-order valence-corrected chi connectivity index (χ2v) is 8.87. The summed E-state index contributed by atoms with van der Waals surface area (Å²) in [5, 5.41) is 37.7. The van der Waals surface area contributed by atoms with E-state index in [4.69, 9.17) is 33.4 Å². The lowest BCUT2D eigenvalue weighted by Gasteiger charge is -2.25. The van der Waals surface area contributed by atoms with Crippen molar-refractivity contribution in [3.63, 3.8) is 0 Å². The molecule has 2 rings (SSSR count). The monoisotopic (exact) mass is 400 g/mol. The highest BCUT2D eigenvalue weighted by atomic mass is 35.5. The molecule has 0 spiro atoms. The van der Waals surface area contributed by atoms with Gasteiger partial charge in [-0.1, -0.05) is 64.7 Å². The Morgan fingerprint density at radius 1 is 0.577 bits per heavy atom. The van der Waals surface area contributed by atoms with Gasteiger partial charge in [-0.25, -0.2) is 0 Å². The van der Waals surface area contributed by atoms with E-state index in [1.54, 1.807) is 12.1 Å². The van der Waals surface area contributed by atoms with Crippen molar-refractivity contribution in [3.8, 4) is 23.0 Å². The molecular weight excluding hydrogens is 375 g/mol. The molecule has 4 nitrogen and oxygen atoms in total. The number of phenolic OH excluding ortho intramolecular Hbond substituents is 4. The molecule has 0 aromatic heterocycles. The number of hydrogen-bond acceptors (Lipinski definition) is 4. The molecule has 0 radical (unpaired) electrons. The zero-order valence-electron chi connectivity index (χ0n) is 15.9. The standard InChI is InChI=1S/C14H22O2.C6H4Cl2O2/c1-13(2,3)9-7-12(16)10(8-11(9)15)14(4,5)6;7-5-3(9)1-2-4(10)6(5)8/h7-8,15-16H,1-6H3;1-2,9-10H. The molecule has 0 amide bonds. The van der Waals surface area contributed by atoms with E-state index in [1.807, 2.05) is 41.5 Å². The van der Waals surface area contributed by atoms with Gasteiger partial charge in [0.2, 0.25) is 0 Å². The Morgan fingerprint density at radius 3 is 1.08 bits per heavy atom. The first-order valence-electron chi connectivity index (χ1n) is 8.09. The molecule has 0 unspecified atom stereocenters. The van der Waals surface area contributed by atoms with Crippen molar-refractivity contribution in [2.24, 2.45) is 0 Å². The average molecular weight is 401 g/mol. The van der Waals surface area contributed by atoms with Gasteiger partial charge in [-0.3, -0.25) is 0 Å². The molecule has 144 valence electrons. The van der Waals surface area contributed by atoms with Gasteiger partial charge in [-0.15, -0.1) is 0 Å². The van der Waals surface area contributed by atoms with Crippen LogP contribution in [0.25, 0.3) is 0 Å². The van der Waals surface area contributed by atoms with Crippen LogP contribution in [-0.2, 0) is 10.8 Å². The van der Waals surface area contributed by atoms with Crippen LogP contribution in [0.2, 0.25) is 10.0 Å². The lowest BCUT2D eigenvalue weighted by Crippen LogP contribution is -2.15. The predicted octanol–water partition coefficient (Wildman–Crippen LogP) is 6.10. The molecule has 4 N–H and O–H groups in total. The molecule has 0 aliphatic rings. The molecule has 0 aliphatic carbocycles. The second kappa shape index (κ2) is 7.85. The summed E-state index contributed by atoms with van der Waals surface area (Å²) in [4.78, 5) is 0. The summed E-state index contributed by atoms with van der Waals surface area (Å²) in [6.07, 6.45) is 0. The fraction of sp³-hybridized carbons (Fsp3) is 0.400. The molecule has 0 aliphatic heterocycles. The molecule has 2 aromatic carbocycles. The van der Waals surface area contributed by atoms with Crippen LogP contribution in [0.15, 0.2) is 24.3 Å². The quantitative estimate of drug-likeness (QED) is 0.402. The summed E-state index contributed by atoms with van der Waals surface area (Å²) in [6.45, 7) is 12.1. The second-order valence-electron chi connectivity index (χ2n) is 8.12. The minimum Gasteiger partial charge on any atom is -0.508 e. The minimum atomic E-state index is -0.169. The first-order valence-corrected chi connectivity index (χ1v) is 8.84. The van der Waals surface area contributed by atoms with Crippen molar-refractivity contribution in [2.75, 3.05) is 0 Å². The van der Waals surface area contributed by atoms with Gasteiger partial charge in [-0.05, 0) is 35.1 Å². The van der Waals surface area contributed by atoms with Crippen LogP contribution in [0.1, 0.15) is 52.7 Å². The molecular formula is C20H26Cl2O4. The van der Waals surface area contributed by atoms with Gasteiger partial charge in [0.25, 0.3) is 0 Å². The number of rotatable bonds is 0. The van der Waals surface area contributed by atoms with Crippen molar-refractivity contribution >= 4 is 23.2 Å². The Labute approximate surface area is 164 Å². The molecule has 26 heavy (non-hydrogen) atoms. The van der Waals surface area contributed by atoms with Crippen molar-refractivity contribution in [2.45, 2.75) is 52.4 Å². The fourth-order valence-electron chi connectivity index (χ4n) is 2.31. The highest BCUT2D eigenvalue weighted by molar-refractivity contribution is 6.43. The molecule has 0 saturated heterocycles. The maximum atomic E-state index is 10.0. The lowest BCUT2D eigenvalue weighted by molar-refractivity contribution is 0.419. The Hall–Kier alpha value is -1.78. The van der Waals surface area contributed by atoms with E-state index < -0.39 is 0 Å². The number of aromatic hydroxyl groups is 4. The van der Waals surface area contributed by atoms with E-state index in [1.165, 1.54) is 12.1 Å². The third kappa shape index (κ3) is 5.36. The number of phenols is 4. The van der Waals surface area contributed by atoms with Crippen LogP contribution in [0.4, 0.5) is 0 Å². The maximum Gasteiger partial charge on any atom is 0.135 e. The smallest absolute Gasteiger partial charge is 0.135 e. The first kappa shape index (κ1) is 22.3. The van der Waals surface area contributed by atoms with Gasteiger partial charge in [0.1, 0.15) is 33.0 Å². The summed E-state index contributed by atoms with van der Waals surface area (Å²) in [7, 11) is 0. The maximum absolute atomic E-state index is 10.0. The SMILES string of the molecule is CC(C)(C)c1cc(O)c(C(C)(C)C)cc1O.Oc1ccc(O)c(Cl)c1Cl. The first-order chi connectivity index (χ1) is 11.7. The number of halogens is 2. The van der Waals surface area contributed by atoms with Crippen LogP contribution in [0.5, 0.6) is 23.0 Å². The van der Waals surface area contributed by atoms with Crippen molar-refractivity contribution in [1.82, 2.24) is 0 Å². The van der Waals surface area contributed by atoms with Gasteiger partial charge in [0, 0.05) is 11.1 Å². The third-order valence-electron chi connectivity index (χ3n) is 3.77. The van der Waals surface area contributed by atoms with Crippen LogP contribution in [-0.4, -0.2) is 20.4 Å². The summed E-state index contributed by atoms with van der Waals surface area (Å²) >= 11 is 10.9. The minimum absolute atomic E-state index is 0.0262. The van der Waals surface area contributed by atoms with Gasteiger partial charge < -0.3 is 20.4 Å². The van der Waals surface area contributed by atoms with Crippen LogP contribution in [0, 0.1) is 0 Å². The summed E-state index contributed by atoms with van der Waals surface area (Å²) in [5.74, 6) is 0.249. The van der Waals surface area contributed by atoms with E-state index in [0.717, 1.165) is 11.1 Å². The molecule has 0 heterocycles. The van der Waals surface area contributed by atoms with E-state index in [9.17, 15) is 10.2 Å². The number of benzene rings is 2. The van der Waals surface area contributed by atoms with Gasteiger partial charge in [0.15, 0.2) is 0 Å². The van der Waals surface area contributed by atoms with Crippen LogP contribution >= 0.6 is 23.2 Å². The molecule has 2 aromatic rings. The molecule has 0 fully saturated rings. The van der Waals surface area contributed by atoms with E-state index >= 15 is 0 Å². The Balaban J connectivity index is 0.000000289. The molecule has 0 atom stereocenters. The fourth-order valence-corrected chi connectivity index (χ4v) is 2.63. The predicted molar refractivity (Wildman–Crippen MR) is 107 cm³/mol. The Kier molecular flexibility index (Phi) is 6.72. The zero-order valence-corrected chi connectivity index (χ0v) is 17.4. The van der Waals surface area contributed by atoms with E-state index in [0.29, 0.717) is 0 Å². The summed E-state index contributed by atoms with van der Waals surface area (Å²) in [5.41, 5.74) is 1.21. The normalized spacial score (nSPS) is 11.7.